The summed E-state index contributed by atoms with van der Waals surface area (Å²) in [5, 5.41) is 6.12. The molecule has 0 spiro atoms. The molecule has 0 radical (unpaired) electrons. The van der Waals surface area contributed by atoms with Crippen LogP contribution >= 0.6 is 11.3 Å². The van der Waals surface area contributed by atoms with E-state index < -0.39 is 0 Å². The number of anilines is 1. The van der Waals surface area contributed by atoms with Crippen molar-refractivity contribution in [2.45, 2.75) is 32.7 Å². The van der Waals surface area contributed by atoms with E-state index >= 15 is 0 Å². The monoisotopic (exact) mass is 300 g/mol. The van der Waals surface area contributed by atoms with Crippen molar-refractivity contribution >= 4 is 22.9 Å². The SMILES string of the molecule is Cc1ccc(NC(=O)CNCc2cc3c(s2)CCC3)cc1. The van der Waals surface area contributed by atoms with Crippen LogP contribution in [-0.4, -0.2) is 12.5 Å². The van der Waals surface area contributed by atoms with Crippen molar-refractivity contribution in [2.24, 2.45) is 0 Å². The lowest BCUT2D eigenvalue weighted by Gasteiger charge is -2.06. The summed E-state index contributed by atoms with van der Waals surface area (Å²) in [6.45, 7) is 3.15. The van der Waals surface area contributed by atoms with Crippen molar-refractivity contribution in [1.29, 1.82) is 0 Å². The Labute approximate surface area is 129 Å². The Balaban J connectivity index is 1.44. The minimum atomic E-state index is 0.00273. The molecule has 21 heavy (non-hydrogen) atoms. The summed E-state index contributed by atoms with van der Waals surface area (Å²) in [6, 6.07) is 10.1. The lowest BCUT2D eigenvalue weighted by molar-refractivity contribution is -0.115. The Morgan fingerprint density at radius 2 is 2.05 bits per heavy atom. The van der Waals surface area contributed by atoms with Gasteiger partial charge in [0.15, 0.2) is 0 Å². The molecule has 0 atom stereocenters. The third-order valence-corrected chi connectivity index (χ3v) is 4.95. The van der Waals surface area contributed by atoms with Gasteiger partial charge in [-0.25, -0.2) is 0 Å². The fraction of sp³-hybridized carbons (Fsp3) is 0.353. The standard InChI is InChI=1S/C17H20N2OS/c1-12-5-7-14(8-6-12)19-17(20)11-18-10-15-9-13-3-2-4-16(13)21-15/h5-9,18H,2-4,10-11H2,1H3,(H,19,20). The van der Waals surface area contributed by atoms with Crippen LogP contribution in [0.4, 0.5) is 5.69 Å². The number of carbonyl (C=O) groups excluding carboxylic acids is 1. The van der Waals surface area contributed by atoms with Crippen molar-refractivity contribution < 1.29 is 4.79 Å². The van der Waals surface area contributed by atoms with Crippen molar-refractivity contribution in [3.8, 4) is 0 Å². The lowest BCUT2D eigenvalue weighted by Crippen LogP contribution is -2.27. The van der Waals surface area contributed by atoms with E-state index in [1.54, 1.807) is 0 Å². The first-order chi connectivity index (χ1) is 10.2. The third-order valence-electron chi connectivity index (χ3n) is 3.72. The van der Waals surface area contributed by atoms with E-state index in [2.05, 4.69) is 16.7 Å². The van der Waals surface area contributed by atoms with E-state index in [9.17, 15) is 4.79 Å². The van der Waals surface area contributed by atoms with Crippen molar-refractivity contribution in [1.82, 2.24) is 5.32 Å². The van der Waals surface area contributed by atoms with Gasteiger partial charge in [0.1, 0.15) is 0 Å². The smallest absolute Gasteiger partial charge is 0.238 e. The molecule has 0 aliphatic heterocycles. The Morgan fingerprint density at radius 1 is 1.24 bits per heavy atom. The molecule has 1 amide bonds. The molecule has 110 valence electrons. The summed E-state index contributed by atoms with van der Waals surface area (Å²) in [6.07, 6.45) is 3.75. The van der Waals surface area contributed by atoms with Crippen LogP contribution in [0.3, 0.4) is 0 Å². The van der Waals surface area contributed by atoms with Crippen LogP contribution in [0, 0.1) is 6.92 Å². The highest BCUT2D eigenvalue weighted by atomic mass is 32.1. The van der Waals surface area contributed by atoms with Gasteiger partial charge in [0.2, 0.25) is 5.91 Å². The van der Waals surface area contributed by atoms with Gasteiger partial charge in [-0.05, 0) is 49.9 Å². The van der Waals surface area contributed by atoms with Crippen molar-refractivity contribution in [3.05, 3.63) is 51.2 Å². The average Bonchev–Trinajstić information content (AvgIpc) is 3.02. The molecule has 1 aliphatic rings. The highest BCUT2D eigenvalue weighted by molar-refractivity contribution is 7.12. The number of carbonyl (C=O) groups is 1. The maximum atomic E-state index is 11.9. The Bertz CT molecular complexity index is 609. The summed E-state index contributed by atoms with van der Waals surface area (Å²) < 4.78 is 0. The molecule has 2 aromatic rings. The molecule has 0 bridgehead atoms. The molecule has 4 heteroatoms. The zero-order chi connectivity index (χ0) is 14.7. The number of hydrogen-bond acceptors (Lipinski definition) is 3. The number of fused-ring (bicyclic) bond motifs is 1. The molecule has 0 fully saturated rings. The Kier molecular flexibility index (Phi) is 4.36. The van der Waals surface area contributed by atoms with Gasteiger partial charge in [0.05, 0.1) is 6.54 Å². The van der Waals surface area contributed by atoms with E-state index in [4.69, 9.17) is 0 Å². The number of benzene rings is 1. The van der Waals surface area contributed by atoms with Crippen LogP contribution in [0.25, 0.3) is 0 Å². The molecule has 0 saturated carbocycles. The van der Waals surface area contributed by atoms with Gasteiger partial charge in [0.25, 0.3) is 0 Å². The number of nitrogens with one attached hydrogen (secondary N) is 2. The maximum Gasteiger partial charge on any atom is 0.238 e. The van der Waals surface area contributed by atoms with Gasteiger partial charge >= 0.3 is 0 Å². The highest BCUT2D eigenvalue weighted by Crippen LogP contribution is 2.30. The lowest BCUT2D eigenvalue weighted by atomic mass is 10.2. The van der Waals surface area contributed by atoms with Gasteiger partial charge in [-0.1, -0.05) is 17.7 Å². The van der Waals surface area contributed by atoms with Crippen LogP contribution in [0.5, 0.6) is 0 Å². The number of amides is 1. The summed E-state index contributed by atoms with van der Waals surface area (Å²) >= 11 is 1.89. The van der Waals surface area contributed by atoms with Gasteiger partial charge < -0.3 is 10.6 Å². The maximum absolute atomic E-state index is 11.9. The Morgan fingerprint density at radius 3 is 2.81 bits per heavy atom. The summed E-state index contributed by atoms with van der Waals surface area (Å²) in [5.74, 6) is 0.00273. The van der Waals surface area contributed by atoms with Crippen LogP contribution in [0.1, 0.15) is 27.3 Å². The van der Waals surface area contributed by atoms with Gasteiger partial charge in [-0.15, -0.1) is 11.3 Å². The van der Waals surface area contributed by atoms with E-state index in [1.807, 2.05) is 42.5 Å². The number of aryl methyl sites for hydroxylation is 3. The van der Waals surface area contributed by atoms with Crippen molar-refractivity contribution in [3.63, 3.8) is 0 Å². The molecule has 1 heterocycles. The predicted molar refractivity (Wildman–Crippen MR) is 87.9 cm³/mol. The molecule has 3 rings (SSSR count). The van der Waals surface area contributed by atoms with Crippen LogP contribution in [0.2, 0.25) is 0 Å². The second-order valence-electron chi connectivity index (χ2n) is 5.53. The first kappa shape index (κ1) is 14.3. The largest absolute Gasteiger partial charge is 0.325 e. The zero-order valence-corrected chi connectivity index (χ0v) is 13.1. The Hall–Kier alpha value is -1.65. The number of rotatable bonds is 5. The van der Waals surface area contributed by atoms with Gasteiger partial charge in [-0.2, -0.15) is 0 Å². The van der Waals surface area contributed by atoms with Crippen molar-refractivity contribution in [2.75, 3.05) is 11.9 Å². The third kappa shape index (κ3) is 3.71. The van der Waals surface area contributed by atoms with Crippen LogP contribution in [-0.2, 0) is 24.2 Å². The molecule has 3 nitrogen and oxygen atoms in total. The topological polar surface area (TPSA) is 41.1 Å². The summed E-state index contributed by atoms with van der Waals surface area (Å²) in [5.41, 5.74) is 3.56. The second kappa shape index (κ2) is 6.41. The normalized spacial score (nSPS) is 13.2. The zero-order valence-electron chi connectivity index (χ0n) is 12.2. The molecule has 2 N–H and O–H groups in total. The van der Waals surface area contributed by atoms with Crippen LogP contribution in [0.15, 0.2) is 30.3 Å². The number of thiophene rings is 1. The fourth-order valence-corrected chi connectivity index (χ4v) is 3.85. The minimum Gasteiger partial charge on any atom is -0.325 e. The van der Waals surface area contributed by atoms with Crippen LogP contribution < -0.4 is 10.6 Å². The predicted octanol–water partition coefficient (Wildman–Crippen LogP) is 3.27. The van der Waals surface area contributed by atoms with Gasteiger partial charge in [0, 0.05) is 22.0 Å². The van der Waals surface area contributed by atoms with E-state index in [0.717, 1.165) is 12.2 Å². The molecule has 0 unspecified atom stereocenters. The fourth-order valence-electron chi connectivity index (χ4n) is 2.62. The quantitative estimate of drug-likeness (QED) is 0.890. The molecular formula is C17H20N2OS. The van der Waals surface area contributed by atoms with E-state index in [-0.39, 0.29) is 5.91 Å². The first-order valence-electron chi connectivity index (χ1n) is 7.38. The number of hydrogen-bond donors (Lipinski definition) is 2. The second-order valence-corrected chi connectivity index (χ2v) is 6.75. The molecular weight excluding hydrogens is 280 g/mol. The average molecular weight is 300 g/mol. The highest BCUT2D eigenvalue weighted by Gasteiger charge is 2.14. The van der Waals surface area contributed by atoms with Gasteiger partial charge in [-0.3, -0.25) is 4.79 Å². The molecule has 1 aromatic heterocycles. The summed E-state index contributed by atoms with van der Waals surface area (Å²) in [7, 11) is 0. The van der Waals surface area contributed by atoms with E-state index in [1.165, 1.54) is 40.1 Å². The minimum absolute atomic E-state index is 0.00273. The van der Waals surface area contributed by atoms with E-state index in [0.29, 0.717) is 6.54 Å². The molecule has 1 aromatic carbocycles. The molecule has 0 saturated heterocycles. The summed E-state index contributed by atoms with van der Waals surface area (Å²) in [4.78, 5) is 14.7. The first-order valence-corrected chi connectivity index (χ1v) is 8.20. The molecule has 1 aliphatic carbocycles.